The SMILES string of the molecule is C=O.CC#CCNCCC(CCC)CCc1nc(C(/C=C\N=CC)=C/C)ns1. The summed E-state index contributed by atoms with van der Waals surface area (Å²) in [5.74, 6) is 7.51. The quantitative estimate of drug-likeness (QED) is 0.238. The zero-order valence-corrected chi connectivity index (χ0v) is 18.5. The molecule has 1 heterocycles. The zero-order chi connectivity index (χ0) is 21.0. The summed E-state index contributed by atoms with van der Waals surface area (Å²) in [5.41, 5.74) is 1.02. The second-order valence-corrected chi connectivity index (χ2v) is 6.90. The molecule has 1 aromatic heterocycles. The van der Waals surface area contributed by atoms with Crippen LogP contribution >= 0.6 is 11.5 Å². The molecule has 154 valence electrons. The van der Waals surface area contributed by atoms with Crippen molar-refractivity contribution >= 4 is 30.1 Å². The summed E-state index contributed by atoms with van der Waals surface area (Å²) in [6, 6.07) is 0. The molecule has 1 unspecified atom stereocenters. The minimum atomic E-state index is 0.731. The Hall–Kier alpha value is -2.10. The van der Waals surface area contributed by atoms with Gasteiger partial charge in [0.1, 0.15) is 11.8 Å². The van der Waals surface area contributed by atoms with Crippen molar-refractivity contribution in [2.45, 2.75) is 59.8 Å². The van der Waals surface area contributed by atoms with Crippen LogP contribution in [0.5, 0.6) is 0 Å². The Balaban J connectivity index is 0.00000352. The van der Waals surface area contributed by atoms with Gasteiger partial charge in [0.15, 0.2) is 5.82 Å². The molecule has 0 saturated carbocycles. The van der Waals surface area contributed by atoms with Gasteiger partial charge in [0.25, 0.3) is 0 Å². The Kier molecular flexibility index (Phi) is 16.9. The van der Waals surface area contributed by atoms with E-state index in [0.29, 0.717) is 0 Å². The average Bonchev–Trinajstić information content (AvgIpc) is 3.19. The van der Waals surface area contributed by atoms with Crippen LogP contribution in [-0.2, 0) is 11.2 Å². The van der Waals surface area contributed by atoms with Gasteiger partial charge in [-0.05, 0) is 63.7 Å². The Bertz CT molecular complexity index is 668. The molecule has 0 aliphatic rings. The third-order valence-electron chi connectivity index (χ3n) is 4.11. The van der Waals surface area contributed by atoms with Crippen molar-refractivity contribution < 1.29 is 4.79 Å². The highest BCUT2D eigenvalue weighted by atomic mass is 32.1. The molecular weight excluding hydrogens is 368 g/mol. The molecule has 0 bridgehead atoms. The first kappa shape index (κ1) is 25.9. The van der Waals surface area contributed by atoms with E-state index in [-0.39, 0.29) is 0 Å². The largest absolute Gasteiger partial charge is 0.307 e. The summed E-state index contributed by atoms with van der Waals surface area (Å²) < 4.78 is 4.52. The van der Waals surface area contributed by atoms with Crippen LogP contribution in [0.2, 0.25) is 0 Å². The van der Waals surface area contributed by atoms with Crippen molar-refractivity contribution in [3.63, 3.8) is 0 Å². The minimum Gasteiger partial charge on any atom is -0.307 e. The maximum absolute atomic E-state index is 8.00. The van der Waals surface area contributed by atoms with Gasteiger partial charge in [-0.3, -0.25) is 4.99 Å². The fraction of sp³-hybridized carbons (Fsp3) is 0.545. The second kappa shape index (κ2) is 18.3. The number of allylic oxidation sites excluding steroid dienone is 3. The minimum absolute atomic E-state index is 0.731. The van der Waals surface area contributed by atoms with E-state index in [2.05, 4.69) is 33.4 Å². The number of hydrogen-bond acceptors (Lipinski definition) is 6. The number of aliphatic imine (C=N–C) groups is 1. The molecule has 5 nitrogen and oxygen atoms in total. The number of aromatic nitrogens is 2. The van der Waals surface area contributed by atoms with Gasteiger partial charge in [-0.2, -0.15) is 4.37 Å². The Morgan fingerprint density at radius 1 is 1.32 bits per heavy atom. The smallest absolute Gasteiger partial charge is 0.172 e. The lowest BCUT2D eigenvalue weighted by atomic mass is 9.94. The number of nitrogens with zero attached hydrogens (tertiary/aromatic N) is 3. The molecule has 0 aliphatic carbocycles. The van der Waals surface area contributed by atoms with E-state index in [1.807, 2.05) is 39.7 Å². The van der Waals surface area contributed by atoms with Crippen molar-refractivity contribution in [3.05, 3.63) is 29.2 Å². The summed E-state index contributed by atoms with van der Waals surface area (Å²) >= 11 is 1.52. The number of nitrogens with one attached hydrogen (secondary N) is 1. The monoisotopic (exact) mass is 402 g/mol. The van der Waals surface area contributed by atoms with Crippen LogP contribution < -0.4 is 5.32 Å². The number of rotatable bonds is 12. The molecule has 1 rings (SSSR count). The fourth-order valence-electron chi connectivity index (χ4n) is 2.70. The molecule has 1 N–H and O–H groups in total. The van der Waals surface area contributed by atoms with Crippen molar-refractivity contribution in [2.75, 3.05) is 13.1 Å². The van der Waals surface area contributed by atoms with Crippen LogP contribution in [0.15, 0.2) is 23.3 Å². The highest BCUT2D eigenvalue weighted by Gasteiger charge is 2.11. The predicted molar refractivity (Wildman–Crippen MR) is 122 cm³/mol. The summed E-state index contributed by atoms with van der Waals surface area (Å²) in [4.78, 5) is 16.8. The van der Waals surface area contributed by atoms with E-state index < -0.39 is 0 Å². The molecule has 28 heavy (non-hydrogen) atoms. The lowest BCUT2D eigenvalue weighted by Gasteiger charge is -2.15. The first-order chi connectivity index (χ1) is 13.7. The molecule has 1 atom stereocenters. The lowest BCUT2D eigenvalue weighted by molar-refractivity contribution is -0.0979. The van der Waals surface area contributed by atoms with Gasteiger partial charge < -0.3 is 10.1 Å². The van der Waals surface area contributed by atoms with E-state index in [0.717, 1.165) is 41.8 Å². The van der Waals surface area contributed by atoms with Gasteiger partial charge >= 0.3 is 0 Å². The molecular formula is C22H34N4OS. The molecule has 0 aromatic carbocycles. The fourth-order valence-corrected chi connectivity index (χ4v) is 3.37. The molecule has 0 saturated heterocycles. The Labute approximate surface area is 174 Å². The number of carbonyl (C=O) groups excluding carboxylic acids is 1. The first-order valence-electron chi connectivity index (χ1n) is 9.77. The van der Waals surface area contributed by atoms with Gasteiger partial charge in [0.2, 0.25) is 0 Å². The van der Waals surface area contributed by atoms with Crippen molar-refractivity contribution in [3.8, 4) is 11.8 Å². The van der Waals surface area contributed by atoms with Crippen LogP contribution in [0.3, 0.4) is 0 Å². The van der Waals surface area contributed by atoms with Crippen molar-refractivity contribution in [2.24, 2.45) is 10.9 Å². The highest BCUT2D eigenvalue weighted by molar-refractivity contribution is 7.05. The van der Waals surface area contributed by atoms with Crippen LogP contribution in [0, 0.1) is 17.8 Å². The zero-order valence-electron chi connectivity index (χ0n) is 17.7. The van der Waals surface area contributed by atoms with E-state index >= 15 is 0 Å². The van der Waals surface area contributed by atoms with Gasteiger partial charge in [-0.1, -0.05) is 31.8 Å². The van der Waals surface area contributed by atoms with E-state index in [1.54, 1.807) is 12.4 Å². The molecule has 0 radical (unpaired) electrons. The maximum Gasteiger partial charge on any atom is 0.172 e. The van der Waals surface area contributed by atoms with E-state index in [9.17, 15) is 0 Å². The van der Waals surface area contributed by atoms with Gasteiger partial charge in [-0.15, -0.1) is 5.92 Å². The summed E-state index contributed by atoms with van der Waals surface area (Å²) in [5, 5.41) is 4.52. The third kappa shape index (κ3) is 11.6. The number of carbonyl (C=O) groups is 1. The predicted octanol–water partition coefficient (Wildman–Crippen LogP) is 4.71. The summed E-state index contributed by atoms with van der Waals surface area (Å²) in [7, 11) is 0. The number of aryl methyl sites for hydroxylation is 1. The average molecular weight is 403 g/mol. The standard InChI is InChI=1S/C21H32N4S.CH2O/c1-5-9-15-23-16-13-18(10-6-2)11-12-20-24-21(25-26-20)19(7-3)14-17-22-8-4;1-2/h7-8,14,17-18,23H,6,10-13,15-16H2,1-4H3;1H2/b17-14-,19-7+,22-8?;. The highest BCUT2D eigenvalue weighted by Crippen LogP contribution is 2.21. The molecule has 1 aromatic rings. The first-order valence-corrected chi connectivity index (χ1v) is 10.5. The Morgan fingerprint density at radius 2 is 2.11 bits per heavy atom. The molecule has 0 aliphatic heterocycles. The van der Waals surface area contributed by atoms with Crippen molar-refractivity contribution in [1.29, 1.82) is 0 Å². The Morgan fingerprint density at radius 3 is 2.75 bits per heavy atom. The van der Waals surface area contributed by atoms with Crippen LogP contribution in [-0.4, -0.2) is 35.5 Å². The van der Waals surface area contributed by atoms with Gasteiger partial charge in [-0.25, -0.2) is 4.98 Å². The van der Waals surface area contributed by atoms with Gasteiger partial charge in [0.05, 0.1) is 6.54 Å². The number of hydrogen-bond donors (Lipinski definition) is 1. The second-order valence-electron chi connectivity index (χ2n) is 6.06. The van der Waals surface area contributed by atoms with Crippen LogP contribution in [0.1, 0.15) is 64.2 Å². The van der Waals surface area contributed by atoms with Crippen LogP contribution in [0.4, 0.5) is 0 Å². The molecule has 0 spiro atoms. The molecule has 6 heteroatoms. The van der Waals surface area contributed by atoms with E-state index in [4.69, 9.17) is 9.78 Å². The summed E-state index contributed by atoms with van der Waals surface area (Å²) in [6.07, 6.45) is 13.4. The lowest BCUT2D eigenvalue weighted by Crippen LogP contribution is -2.18. The molecule has 0 amide bonds. The van der Waals surface area contributed by atoms with Crippen molar-refractivity contribution in [1.82, 2.24) is 14.7 Å². The normalized spacial score (nSPS) is 12.5. The van der Waals surface area contributed by atoms with Gasteiger partial charge in [0, 0.05) is 24.4 Å². The topological polar surface area (TPSA) is 67.2 Å². The van der Waals surface area contributed by atoms with E-state index in [1.165, 1.54) is 37.2 Å². The molecule has 0 fully saturated rings. The van der Waals surface area contributed by atoms with Crippen LogP contribution in [0.25, 0.3) is 5.57 Å². The summed E-state index contributed by atoms with van der Waals surface area (Å²) in [6.45, 7) is 11.9. The third-order valence-corrected chi connectivity index (χ3v) is 4.88. The maximum atomic E-state index is 8.00.